The Labute approximate surface area is 48.7 Å². The second kappa shape index (κ2) is 2.03. The van der Waals surface area contributed by atoms with Crippen molar-refractivity contribution in [2.75, 3.05) is 0 Å². The molecule has 1 aliphatic carbocycles. The fraction of sp³-hybridized carbons (Fsp3) is 0.800. The predicted octanol–water partition coefficient (Wildman–Crippen LogP) is 0.0174. The van der Waals surface area contributed by atoms with Crippen molar-refractivity contribution in [1.29, 1.82) is 0 Å². The van der Waals surface area contributed by atoms with E-state index in [1.807, 2.05) is 0 Å². The van der Waals surface area contributed by atoms with E-state index in [0.29, 0.717) is 5.84 Å². The molecule has 1 saturated carbocycles. The second-order valence-electron chi connectivity index (χ2n) is 2.27. The molecule has 0 heterocycles. The van der Waals surface area contributed by atoms with Crippen molar-refractivity contribution in [3.63, 3.8) is 0 Å². The van der Waals surface area contributed by atoms with Crippen LogP contribution in [0.3, 0.4) is 0 Å². The molecule has 0 aromatic heterocycles. The molecule has 0 amide bonds. The highest BCUT2D eigenvalue weighted by atomic mass is 15.1. The first-order chi connectivity index (χ1) is 3.83. The Morgan fingerprint density at radius 1 is 1.62 bits per heavy atom. The highest BCUT2D eigenvalue weighted by Crippen LogP contribution is 2.31. The van der Waals surface area contributed by atoms with E-state index in [2.05, 4.69) is 5.10 Å². The van der Waals surface area contributed by atoms with E-state index in [9.17, 15) is 0 Å². The third-order valence-corrected chi connectivity index (χ3v) is 1.36. The Balaban J connectivity index is 2.16. The van der Waals surface area contributed by atoms with Gasteiger partial charge in [0.2, 0.25) is 0 Å². The number of hydrogen-bond acceptors (Lipinski definition) is 2. The quantitative estimate of drug-likeness (QED) is 0.229. The lowest BCUT2D eigenvalue weighted by Crippen LogP contribution is -2.14. The largest absolute Gasteiger partial charge is 0.386 e. The molecule has 0 atom stereocenters. The van der Waals surface area contributed by atoms with Crippen LogP contribution in [-0.4, -0.2) is 5.84 Å². The summed E-state index contributed by atoms with van der Waals surface area (Å²) in [4.78, 5) is 0. The summed E-state index contributed by atoms with van der Waals surface area (Å²) < 4.78 is 0. The summed E-state index contributed by atoms with van der Waals surface area (Å²) in [5.41, 5.74) is 5.34. The molecule has 4 N–H and O–H groups in total. The minimum atomic E-state index is 0.590. The van der Waals surface area contributed by atoms with Crippen LogP contribution in [0.25, 0.3) is 0 Å². The van der Waals surface area contributed by atoms with Gasteiger partial charge in [0.05, 0.1) is 0 Å². The van der Waals surface area contributed by atoms with Crippen molar-refractivity contribution < 1.29 is 0 Å². The smallest absolute Gasteiger partial charge is 0.119 e. The summed E-state index contributed by atoms with van der Waals surface area (Å²) in [7, 11) is 0. The van der Waals surface area contributed by atoms with E-state index in [1.165, 1.54) is 12.8 Å². The number of rotatable bonds is 2. The molecule has 0 aromatic carbocycles. The molecule has 0 unspecified atom stereocenters. The van der Waals surface area contributed by atoms with Gasteiger partial charge in [-0.05, 0) is 18.8 Å². The molecule has 0 spiro atoms. The average Bonchev–Trinajstić information content (AvgIpc) is 2.50. The standard InChI is InChI=1S/C5H11N3/c6-5(8-7)3-4-1-2-4/h4H,1-3,7H2,(H2,6,8). The number of nitrogens with two attached hydrogens (primary N) is 2. The summed E-state index contributed by atoms with van der Waals surface area (Å²) in [6.45, 7) is 0. The number of nitrogens with zero attached hydrogens (tertiary/aromatic N) is 1. The SMILES string of the molecule is NN=C(N)CC1CC1. The maximum Gasteiger partial charge on any atom is 0.119 e. The second-order valence-corrected chi connectivity index (χ2v) is 2.27. The lowest BCUT2D eigenvalue weighted by Gasteiger charge is -1.91. The van der Waals surface area contributed by atoms with Gasteiger partial charge in [-0.2, -0.15) is 5.10 Å². The first-order valence-corrected chi connectivity index (χ1v) is 2.85. The van der Waals surface area contributed by atoms with Gasteiger partial charge in [0.1, 0.15) is 5.84 Å². The molecule has 3 nitrogen and oxygen atoms in total. The molecule has 0 bridgehead atoms. The average molecular weight is 113 g/mol. The molecule has 1 aliphatic rings. The molecular formula is C5H11N3. The highest BCUT2D eigenvalue weighted by Gasteiger charge is 2.21. The van der Waals surface area contributed by atoms with E-state index >= 15 is 0 Å². The minimum Gasteiger partial charge on any atom is -0.386 e. The van der Waals surface area contributed by atoms with Crippen molar-refractivity contribution in [2.45, 2.75) is 19.3 Å². The lowest BCUT2D eigenvalue weighted by molar-refractivity contribution is 0.881. The fourth-order valence-electron chi connectivity index (χ4n) is 0.670. The number of amidine groups is 1. The number of hydrazone groups is 1. The Morgan fingerprint density at radius 2 is 2.25 bits per heavy atom. The van der Waals surface area contributed by atoms with Gasteiger partial charge in [-0.25, -0.2) is 0 Å². The molecule has 1 rings (SSSR count). The van der Waals surface area contributed by atoms with Gasteiger partial charge in [0.15, 0.2) is 0 Å². The summed E-state index contributed by atoms with van der Waals surface area (Å²) in [6, 6.07) is 0. The summed E-state index contributed by atoms with van der Waals surface area (Å²) in [5.74, 6) is 6.30. The molecule has 3 heteroatoms. The van der Waals surface area contributed by atoms with Crippen LogP contribution in [0.15, 0.2) is 5.10 Å². The van der Waals surface area contributed by atoms with E-state index in [1.54, 1.807) is 0 Å². The highest BCUT2D eigenvalue weighted by molar-refractivity contribution is 5.80. The van der Waals surface area contributed by atoms with E-state index in [4.69, 9.17) is 11.6 Å². The van der Waals surface area contributed by atoms with Gasteiger partial charge in [0.25, 0.3) is 0 Å². The van der Waals surface area contributed by atoms with Gasteiger partial charge in [-0.3, -0.25) is 0 Å². The van der Waals surface area contributed by atoms with Crippen LogP contribution >= 0.6 is 0 Å². The lowest BCUT2D eigenvalue weighted by atomic mass is 10.3. The monoisotopic (exact) mass is 113 g/mol. The normalized spacial score (nSPS) is 21.2. The van der Waals surface area contributed by atoms with Crippen LogP contribution in [0.1, 0.15) is 19.3 Å². The van der Waals surface area contributed by atoms with Crippen molar-refractivity contribution in [2.24, 2.45) is 22.6 Å². The maximum absolute atomic E-state index is 5.34. The Hall–Kier alpha value is -0.730. The Morgan fingerprint density at radius 3 is 2.62 bits per heavy atom. The van der Waals surface area contributed by atoms with E-state index in [-0.39, 0.29) is 0 Å². The van der Waals surface area contributed by atoms with Crippen LogP contribution in [-0.2, 0) is 0 Å². The molecule has 0 aliphatic heterocycles. The molecule has 1 fully saturated rings. The molecule has 46 valence electrons. The zero-order valence-electron chi connectivity index (χ0n) is 4.80. The summed E-state index contributed by atoms with van der Waals surface area (Å²) >= 11 is 0. The van der Waals surface area contributed by atoms with Gasteiger partial charge in [-0.1, -0.05) is 0 Å². The maximum atomic E-state index is 5.34. The van der Waals surface area contributed by atoms with Gasteiger partial charge in [0, 0.05) is 6.42 Å². The molecule has 0 saturated heterocycles. The van der Waals surface area contributed by atoms with Crippen molar-refractivity contribution >= 4 is 5.84 Å². The Bertz CT molecular complexity index is 104. The summed E-state index contributed by atoms with van der Waals surface area (Å²) in [6.07, 6.45) is 3.50. The molecule has 8 heavy (non-hydrogen) atoms. The van der Waals surface area contributed by atoms with Crippen LogP contribution in [0.2, 0.25) is 0 Å². The first kappa shape index (κ1) is 5.41. The zero-order valence-corrected chi connectivity index (χ0v) is 4.80. The van der Waals surface area contributed by atoms with E-state index in [0.717, 1.165) is 12.3 Å². The van der Waals surface area contributed by atoms with Crippen LogP contribution < -0.4 is 11.6 Å². The molecule has 0 radical (unpaired) electrons. The Kier molecular flexibility index (Phi) is 1.37. The van der Waals surface area contributed by atoms with Crippen molar-refractivity contribution in [1.82, 2.24) is 0 Å². The molecular weight excluding hydrogens is 102 g/mol. The third-order valence-electron chi connectivity index (χ3n) is 1.36. The van der Waals surface area contributed by atoms with Gasteiger partial charge in [-0.15, -0.1) is 0 Å². The number of hydrogen-bond donors (Lipinski definition) is 2. The van der Waals surface area contributed by atoms with Gasteiger partial charge < -0.3 is 11.6 Å². The van der Waals surface area contributed by atoms with Crippen LogP contribution in [0.4, 0.5) is 0 Å². The van der Waals surface area contributed by atoms with E-state index < -0.39 is 0 Å². The fourth-order valence-corrected chi connectivity index (χ4v) is 0.670. The van der Waals surface area contributed by atoms with Crippen molar-refractivity contribution in [3.05, 3.63) is 0 Å². The van der Waals surface area contributed by atoms with Crippen molar-refractivity contribution in [3.8, 4) is 0 Å². The molecule has 0 aromatic rings. The van der Waals surface area contributed by atoms with Crippen LogP contribution in [0.5, 0.6) is 0 Å². The zero-order chi connectivity index (χ0) is 5.98. The topological polar surface area (TPSA) is 64.4 Å². The first-order valence-electron chi connectivity index (χ1n) is 2.85. The van der Waals surface area contributed by atoms with Gasteiger partial charge >= 0.3 is 0 Å². The third kappa shape index (κ3) is 1.40. The summed E-state index contributed by atoms with van der Waals surface area (Å²) in [5, 5.41) is 3.36. The minimum absolute atomic E-state index is 0.590. The predicted molar refractivity (Wildman–Crippen MR) is 33.2 cm³/mol. The van der Waals surface area contributed by atoms with Crippen LogP contribution in [0, 0.1) is 5.92 Å².